The molecule has 1 N–H and O–H groups in total. The van der Waals surface area contributed by atoms with Gasteiger partial charge < -0.3 is 20.0 Å². The summed E-state index contributed by atoms with van der Waals surface area (Å²) in [5.41, 5.74) is 1.43. The molecule has 0 radical (unpaired) electrons. The van der Waals surface area contributed by atoms with Crippen molar-refractivity contribution in [2.75, 3.05) is 31.2 Å². The third kappa shape index (κ3) is 6.55. The first-order valence-corrected chi connectivity index (χ1v) is 13.8. The molecule has 2 aromatic rings. The zero-order valence-corrected chi connectivity index (χ0v) is 23.3. The van der Waals surface area contributed by atoms with Crippen molar-refractivity contribution in [2.24, 2.45) is 11.3 Å². The van der Waals surface area contributed by atoms with Crippen LogP contribution >= 0.6 is 0 Å². The second kappa shape index (κ2) is 11.6. The van der Waals surface area contributed by atoms with Gasteiger partial charge in [0, 0.05) is 31.7 Å². The van der Waals surface area contributed by atoms with Gasteiger partial charge in [-0.3, -0.25) is 14.4 Å². The number of likely N-dealkylation sites (tertiary alicyclic amines) is 1. The molecule has 1 unspecified atom stereocenters. The molecule has 2 aromatic carbocycles. The molecule has 1 spiro atoms. The normalized spacial score (nSPS) is 18.1. The van der Waals surface area contributed by atoms with Crippen LogP contribution in [0.25, 0.3) is 0 Å². The van der Waals surface area contributed by atoms with Crippen LogP contribution in [0.3, 0.4) is 0 Å². The molecule has 4 rings (SSSR count). The van der Waals surface area contributed by atoms with Crippen molar-refractivity contribution in [1.82, 2.24) is 15.1 Å². The van der Waals surface area contributed by atoms with E-state index in [1.807, 2.05) is 65.6 Å². The van der Waals surface area contributed by atoms with E-state index in [0.29, 0.717) is 51.5 Å². The number of hydrogen-bond acceptors (Lipinski definition) is 4. The number of piperidine rings is 1. The van der Waals surface area contributed by atoms with E-state index in [4.69, 9.17) is 0 Å². The first-order valence-electron chi connectivity index (χ1n) is 13.8. The number of nitrogens with zero attached hydrogens (tertiary/aromatic N) is 3. The Morgan fingerprint density at radius 3 is 2.18 bits per heavy atom. The molecule has 7 nitrogen and oxygen atoms in total. The van der Waals surface area contributed by atoms with Crippen LogP contribution in [0, 0.1) is 11.3 Å². The number of para-hydroxylation sites is 1. The van der Waals surface area contributed by atoms with Crippen LogP contribution < -0.4 is 10.2 Å². The maximum absolute atomic E-state index is 13.9. The van der Waals surface area contributed by atoms with Crippen molar-refractivity contribution < 1.29 is 14.4 Å². The summed E-state index contributed by atoms with van der Waals surface area (Å²) in [7, 11) is 0. The van der Waals surface area contributed by atoms with Crippen molar-refractivity contribution in [3.05, 3.63) is 66.2 Å². The molecule has 3 amide bonds. The van der Waals surface area contributed by atoms with E-state index in [-0.39, 0.29) is 29.7 Å². The topological polar surface area (TPSA) is 73.0 Å². The quantitative estimate of drug-likeness (QED) is 0.561. The zero-order valence-electron chi connectivity index (χ0n) is 23.3. The SMILES string of the molecule is CC(CC(=O)N1CCC2(CC1)C(=O)N(CC(=O)NCc1ccccc1)CN2c1ccccc1)CC(C)(C)C. The Bertz CT molecular complexity index is 1100. The molecule has 38 heavy (non-hydrogen) atoms. The summed E-state index contributed by atoms with van der Waals surface area (Å²) in [5.74, 6) is 0.291. The summed E-state index contributed by atoms with van der Waals surface area (Å²) in [5, 5.41) is 2.94. The van der Waals surface area contributed by atoms with Crippen LogP contribution in [0.4, 0.5) is 5.69 Å². The average molecular weight is 519 g/mol. The van der Waals surface area contributed by atoms with Gasteiger partial charge in [-0.2, -0.15) is 0 Å². The fraction of sp³-hybridized carbons (Fsp3) is 0.516. The number of amides is 3. The van der Waals surface area contributed by atoms with Crippen LogP contribution in [0.5, 0.6) is 0 Å². The predicted octanol–water partition coefficient (Wildman–Crippen LogP) is 4.43. The minimum atomic E-state index is -0.741. The number of hydrogen-bond donors (Lipinski definition) is 1. The maximum atomic E-state index is 13.9. The number of nitrogens with one attached hydrogen (secondary N) is 1. The van der Waals surface area contributed by atoms with Crippen LogP contribution in [0.15, 0.2) is 60.7 Å². The number of benzene rings is 2. The monoisotopic (exact) mass is 518 g/mol. The highest BCUT2D eigenvalue weighted by molar-refractivity contribution is 5.96. The van der Waals surface area contributed by atoms with Gasteiger partial charge in [-0.05, 0) is 48.3 Å². The van der Waals surface area contributed by atoms with Crippen molar-refractivity contribution in [2.45, 2.75) is 65.5 Å². The molecule has 2 aliphatic rings. The minimum Gasteiger partial charge on any atom is -0.350 e. The molecule has 7 heteroatoms. The van der Waals surface area contributed by atoms with Crippen LogP contribution in [0.2, 0.25) is 0 Å². The van der Waals surface area contributed by atoms with Gasteiger partial charge in [0.05, 0.1) is 6.67 Å². The molecule has 0 bridgehead atoms. The summed E-state index contributed by atoms with van der Waals surface area (Å²) >= 11 is 0. The highest BCUT2D eigenvalue weighted by Gasteiger charge is 2.54. The fourth-order valence-electron chi connectivity index (χ4n) is 6.02. The molecular formula is C31H42N4O3. The van der Waals surface area contributed by atoms with Crippen molar-refractivity contribution >= 4 is 23.4 Å². The Morgan fingerprint density at radius 2 is 1.58 bits per heavy atom. The molecular weight excluding hydrogens is 476 g/mol. The Balaban J connectivity index is 1.43. The number of anilines is 1. The lowest BCUT2D eigenvalue weighted by molar-refractivity contribution is -0.140. The second-order valence-corrected chi connectivity index (χ2v) is 12.2. The highest BCUT2D eigenvalue weighted by Crippen LogP contribution is 2.39. The molecule has 1 atom stereocenters. The van der Waals surface area contributed by atoms with E-state index in [1.54, 1.807) is 4.90 Å². The van der Waals surface area contributed by atoms with E-state index in [2.05, 4.69) is 37.9 Å². The van der Waals surface area contributed by atoms with Gasteiger partial charge in [0.25, 0.3) is 5.91 Å². The number of carbonyl (C=O) groups excluding carboxylic acids is 3. The minimum absolute atomic E-state index is 0.0176. The fourth-order valence-corrected chi connectivity index (χ4v) is 6.02. The maximum Gasteiger partial charge on any atom is 0.250 e. The van der Waals surface area contributed by atoms with Gasteiger partial charge in [-0.15, -0.1) is 0 Å². The van der Waals surface area contributed by atoms with Crippen LogP contribution in [-0.2, 0) is 20.9 Å². The predicted molar refractivity (Wildman–Crippen MR) is 150 cm³/mol. The van der Waals surface area contributed by atoms with Gasteiger partial charge >= 0.3 is 0 Å². The van der Waals surface area contributed by atoms with E-state index >= 15 is 0 Å². The molecule has 2 saturated heterocycles. The van der Waals surface area contributed by atoms with E-state index in [9.17, 15) is 14.4 Å². The average Bonchev–Trinajstić information content (AvgIpc) is 3.14. The van der Waals surface area contributed by atoms with Gasteiger partial charge in [0.15, 0.2) is 0 Å². The Morgan fingerprint density at radius 1 is 0.974 bits per heavy atom. The smallest absolute Gasteiger partial charge is 0.250 e. The standard InChI is InChI=1S/C31H42N4O3/c1-24(20-30(2,3)4)19-28(37)33-17-15-31(16-18-33)29(38)34(23-35(31)26-13-9-6-10-14-26)22-27(36)32-21-25-11-7-5-8-12-25/h5-14,24H,15-23H2,1-4H3,(H,32,36). The summed E-state index contributed by atoms with van der Waals surface area (Å²) in [4.78, 5) is 45.5. The second-order valence-electron chi connectivity index (χ2n) is 12.2. The Kier molecular flexibility index (Phi) is 8.44. The summed E-state index contributed by atoms with van der Waals surface area (Å²) in [6.45, 7) is 10.7. The van der Waals surface area contributed by atoms with Gasteiger partial charge in [-0.1, -0.05) is 76.2 Å². The van der Waals surface area contributed by atoms with Gasteiger partial charge in [-0.25, -0.2) is 0 Å². The third-order valence-corrected chi connectivity index (χ3v) is 7.68. The lowest BCUT2D eigenvalue weighted by atomic mass is 9.83. The highest BCUT2D eigenvalue weighted by atomic mass is 16.2. The molecule has 2 heterocycles. The lowest BCUT2D eigenvalue weighted by Crippen LogP contribution is -2.57. The molecule has 2 fully saturated rings. The molecule has 0 aromatic heterocycles. The molecule has 0 saturated carbocycles. The first kappa shape index (κ1) is 27.7. The van der Waals surface area contributed by atoms with Crippen molar-refractivity contribution in [1.29, 1.82) is 0 Å². The largest absolute Gasteiger partial charge is 0.350 e. The Labute approximate surface area is 227 Å². The summed E-state index contributed by atoms with van der Waals surface area (Å²) in [6, 6.07) is 19.7. The Hall–Kier alpha value is -3.35. The van der Waals surface area contributed by atoms with Crippen LogP contribution in [0.1, 0.15) is 58.9 Å². The molecule has 2 aliphatic heterocycles. The first-order chi connectivity index (χ1) is 18.1. The zero-order chi connectivity index (χ0) is 27.3. The van der Waals surface area contributed by atoms with Gasteiger partial charge in [0.1, 0.15) is 12.1 Å². The molecule has 0 aliphatic carbocycles. The summed E-state index contributed by atoms with van der Waals surface area (Å²) < 4.78 is 0. The lowest BCUT2D eigenvalue weighted by Gasteiger charge is -2.43. The number of carbonyl (C=O) groups is 3. The van der Waals surface area contributed by atoms with E-state index in [1.165, 1.54) is 0 Å². The van der Waals surface area contributed by atoms with Crippen molar-refractivity contribution in [3.63, 3.8) is 0 Å². The van der Waals surface area contributed by atoms with Crippen LogP contribution in [-0.4, -0.2) is 59.4 Å². The summed E-state index contributed by atoms with van der Waals surface area (Å²) in [6.07, 6.45) is 2.65. The molecule has 204 valence electrons. The van der Waals surface area contributed by atoms with E-state index in [0.717, 1.165) is 17.7 Å². The van der Waals surface area contributed by atoms with Crippen molar-refractivity contribution in [3.8, 4) is 0 Å². The van der Waals surface area contributed by atoms with E-state index < -0.39 is 5.54 Å². The number of rotatable bonds is 8. The third-order valence-electron chi connectivity index (χ3n) is 7.68. The van der Waals surface area contributed by atoms with Gasteiger partial charge in [0.2, 0.25) is 11.8 Å².